The number of aryl methyl sites for hydroxylation is 2. The predicted molar refractivity (Wildman–Crippen MR) is 217 cm³/mol. The van der Waals surface area contributed by atoms with Crippen molar-refractivity contribution in [1.82, 2.24) is 34.1 Å². The first kappa shape index (κ1) is 42.3. The maximum Gasteiger partial charge on any atom is 0.433 e. The van der Waals surface area contributed by atoms with E-state index in [0.717, 1.165) is 29.2 Å². The Morgan fingerprint density at radius 1 is 0.737 bits per heavy atom. The molecule has 0 aliphatic rings. The number of sulfone groups is 2. The highest BCUT2D eigenvalue weighted by atomic mass is 127. The third kappa shape index (κ3) is 8.20. The van der Waals surface area contributed by atoms with Crippen LogP contribution in [0.1, 0.15) is 25.2 Å². The molecule has 300 valence electrons. The van der Waals surface area contributed by atoms with Crippen molar-refractivity contribution in [2.45, 2.75) is 36.0 Å². The second-order valence-electron chi connectivity index (χ2n) is 12.2. The molecule has 0 amide bonds. The summed E-state index contributed by atoms with van der Waals surface area (Å²) >= 11 is 8.14. The fraction of sp³-hybridized carbons (Fsp3) is 0.235. The van der Waals surface area contributed by atoms with Crippen molar-refractivity contribution in [2.75, 3.05) is 16.8 Å². The average Bonchev–Trinajstić information content (AvgIpc) is 3.85. The van der Waals surface area contributed by atoms with E-state index < -0.39 is 43.4 Å². The lowest BCUT2D eigenvalue weighted by Gasteiger charge is -2.13. The molecule has 7 rings (SSSR count). The fourth-order valence-electron chi connectivity index (χ4n) is 5.76. The first-order chi connectivity index (χ1) is 26.6. The van der Waals surface area contributed by atoms with Crippen LogP contribution in [-0.2, 0) is 46.1 Å². The molecule has 0 fully saturated rings. The molecule has 0 unspecified atom stereocenters. The third-order valence-corrected chi connectivity index (χ3v) is 14.1. The zero-order valence-electron chi connectivity index (χ0n) is 29.7. The number of halogens is 7. The molecule has 0 aliphatic heterocycles. The molecule has 5 aromatic heterocycles. The Kier molecular flexibility index (Phi) is 11.5. The molecule has 0 bridgehead atoms. The van der Waals surface area contributed by atoms with Crippen LogP contribution < -0.4 is 5.32 Å². The van der Waals surface area contributed by atoms with Gasteiger partial charge in [-0.25, -0.2) is 41.8 Å². The number of benzene rings is 2. The number of pyridine rings is 2. The number of imidazole rings is 2. The summed E-state index contributed by atoms with van der Waals surface area (Å²) in [7, 11) is -4.07. The number of alkyl halides is 6. The van der Waals surface area contributed by atoms with Crippen LogP contribution in [0.4, 0.5) is 32.0 Å². The lowest BCUT2D eigenvalue weighted by Crippen LogP contribution is -2.09. The summed E-state index contributed by atoms with van der Waals surface area (Å²) in [6.45, 7) is 3.04. The number of nitrogens with one attached hydrogen (secondary N) is 1. The van der Waals surface area contributed by atoms with Crippen LogP contribution in [0.5, 0.6) is 0 Å². The summed E-state index contributed by atoms with van der Waals surface area (Å²) in [6.07, 6.45) is -7.03. The monoisotopic (exact) mass is 980 g/mol. The lowest BCUT2D eigenvalue weighted by molar-refractivity contribution is -0.141. The smallest absolute Gasteiger partial charge is 0.352 e. The first-order valence-corrected chi connectivity index (χ1v) is 22.0. The minimum Gasteiger partial charge on any atom is -0.352 e. The molecule has 23 heteroatoms. The van der Waals surface area contributed by atoms with E-state index >= 15 is 0 Å². The van der Waals surface area contributed by atoms with Gasteiger partial charge in [0, 0.05) is 28.8 Å². The van der Waals surface area contributed by atoms with Gasteiger partial charge in [-0.05, 0) is 59.0 Å². The Balaban J connectivity index is 0.000000193. The fourth-order valence-corrected chi connectivity index (χ4v) is 9.39. The van der Waals surface area contributed by atoms with Crippen molar-refractivity contribution >= 4 is 109 Å². The zero-order chi connectivity index (χ0) is 41.8. The van der Waals surface area contributed by atoms with Gasteiger partial charge < -0.3 is 14.5 Å². The molecule has 57 heavy (non-hydrogen) atoms. The molecule has 5 heterocycles. The first-order valence-electron chi connectivity index (χ1n) is 16.3. The summed E-state index contributed by atoms with van der Waals surface area (Å²) < 4.78 is 133. The Morgan fingerprint density at radius 2 is 1.21 bits per heavy atom. The molecule has 1 N–H and O–H groups in total. The van der Waals surface area contributed by atoms with Gasteiger partial charge in [-0.3, -0.25) is 0 Å². The molecule has 0 aliphatic carbocycles. The molecule has 0 atom stereocenters. The number of hydrogen-bond donors (Lipinski definition) is 1. The van der Waals surface area contributed by atoms with Gasteiger partial charge >= 0.3 is 12.4 Å². The Bertz CT molecular complexity index is 2950. The predicted octanol–water partition coefficient (Wildman–Crippen LogP) is 8.48. The van der Waals surface area contributed by atoms with E-state index in [1.807, 2.05) is 22.6 Å². The molecule has 2 aromatic carbocycles. The number of aromatic nitrogens is 7. The largest absolute Gasteiger partial charge is 0.433 e. The standard InChI is InChI=1S/C17H14F3IN4O2S2.C17H13F3N4O2S2/c1-3-29(26,27)14-5-11(23-8-28)10(21)4-9(14)16-24-12-6-15(17(18,19)20)22-7-13(12)25(16)2;1-3-28(25,26)14-5-11-13(27-8-22-11)4-9(14)16-23-10-6-15(17(18,19)20)21-7-12(10)24(16)2/h4-8H,3H2,1-2H3,(H,23,28);4-8H,3H2,1-2H3. The lowest BCUT2D eigenvalue weighted by atomic mass is 10.2. The van der Waals surface area contributed by atoms with E-state index in [1.165, 1.54) is 47.4 Å². The molecule has 0 radical (unpaired) electrons. The summed E-state index contributed by atoms with van der Waals surface area (Å²) in [5.74, 6) is 0.194. The summed E-state index contributed by atoms with van der Waals surface area (Å²) in [5, 5.41) is 2.81. The van der Waals surface area contributed by atoms with Crippen LogP contribution in [-0.4, -0.2) is 67.9 Å². The van der Waals surface area contributed by atoms with Crippen molar-refractivity contribution in [2.24, 2.45) is 14.1 Å². The molecule has 0 spiro atoms. The minimum absolute atomic E-state index is 0.0159. The van der Waals surface area contributed by atoms with Crippen molar-refractivity contribution in [3.8, 4) is 22.8 Å². The highest BCUT2D eigenvalue weighted by Crippen LogP contribution is 2.38. The SMILES string of the molecule is CCS(=O)(=O)c1cc(NC=S)c(I)cc1-c1nc2cc(C(F)(F)F)ncc2n1C.CCS(=O)(=O)c1cc2ncsc2cc1-c1nc2cc(C(F)(F)F)ncc2n1C. The third-order valence-electron chi connectivity index (χ3n) is 8.74. The number of nitrogens with zero attached hydrogens (tertiary/aromatic N) is 7. The Hall–Kier alpha value is -4.33. The average molecular weight is 981 g/mol. The number of anilines is 1. The van der Waals surface area contributed by atoms with Crippen LogP contribution in [0.25, 0.3) is 55.1 Å². The summed E-state index contributed by atoms with van der Waals surface area (Å²) in [5.41, 5.74) is 3.29. The molecule has 7 aromatic rings. The van der Waals surface area contributed by atoms with E-state index in [4.69, 9.17) is 12.2 Å². The van der Waals surface area contributed by atoms with E-state index in [-0.39, 0.29) is 44.0 Å². The van der Waals surface area contributed by atoms with Crippen molar-refractivity contribution < 1.29 is 43.2 Å². The number of fused-ring (bicyclic) bond motifs is 3. The molecule has 0 saturated carbocycles. The van der Waals surface area contributed by atoms with Gasteiger partial charge in [0.1, 0.15) is 23.0 Å². The van der Waals surface area contributed by atoms with Gasteiger partial charge in [0.15, 0.2) is 19.7 Å². The maximum atomic E-state index is 13.0. The normalized spacial score (nSPS) is 12.6. The topological polar surface area (TPSA) is 155 Å². The highest BCUT2D eigenvalue weighted by molar-refractivity contribution is 14.1. The van der Waals surface area contributed by atoms with E-state index in [9.17, 15) is 43.2 Å². The van der Waals surface area contributed by atoms with E-state index in [1.54, 1.807) is 36.3 Å². The van der Waals surface area contributed by atoms with Gasteiger partial charge in [0.25, 0.3) is 0 Å². The van der Waals surface area contributed by atoms with Crippen LogP contribution in [0.2, 0.25) is 0 Å². The quantitative estimate of drug-likeness (QED) is 0.0886. The Labute approximate surface area is 343 Å². The second-order valence-corrected chi connectivity index (χ2v) is 18.9. The Morgan fingerprint density at radius 3 is 1.67 bits per heavy atom. The van der Waals surface area contributed by atoms with Crippen LogP contribution in [0, 0.1) is 3.57 Å². The number of rotatable bonds is 8. The van der Waals surface area contributed by atoms with Gasteiger partial charge in [-0.15, -0.1) is 11.3 Å². The van der Waals surface area contributed by atoms with Crippen molar-refractivity contribution in [3.63, 3.8) is 0 Å². The number of thiocarbonyl (C=S) groups is 1. The van der Waals surface area contributed by atoms with Crippen molar-refractivity contribution in [1.29, 1.82) is 0 Å². The summed E-state index contributed by atoms with van der Waals surface area (Å²) in [6, 6.07) is 7.92. The molecule has 12 nitrogen and oxygen atoms in total. The maximum absolute atomic E-state index is 13.0. The van der Waals surface area contributed by atoms with E-state index in [0.29, 0.717) is 36.9 Å². The highest BCUT2D eigenvalue weighted by Gasteiger charge is 2.34. The zero-order valence-corrected chi connectivity index (χ0v) is 35.2. The molecule has 0 saturated heterocycles. The number of hydrogen-bond acceptors (Lipinski definition) is 11. The van der Waals surface area contributed by atoms with E-state index in [2.05, 4.69) is 30.2 Å². The van der Waals surface area contributed by atoms with Gasteiger partial charge in [0.05, 0.1) is 82.7 Å². The summed E-state index contributed by atoms with van der Waals surface area (Å²) in [4.78, 5) is 19.7. The molecular formula is C34H27F6IN8O4S4. The van der Waals surface area contributed by atoms with Crippen LogP contribution in [0.3, 0.4) is 0 Å². The second kappa shape index (κ2) is 15.4. The van der Waals surface area contributed by atoms with Gasteiger partial charge in [-0.1, -0.05) is 26.1 Å². The van der Waals surface area contributed by atoms with Gasteiger partial charge in [-0.2, -0.15) is 26.3 Å². The van der Waals surface area contributed by atoms with Crippen LogP contribution in [0.15, 0.2) is 64.1 Å². The number of thiazole rings is 1. The molecular weight excluding hydrogens is 954 g/mol. The van der Waals surface area contributed by atoms with Crippen LogP contribution >= 0.6 is 46.1 Å². The van der Waals surface area contributed by atoms with Gasteiger partial charge in [0.2, 0.25) is 0 Å². The minimum atomic E-state index is -4.61. The van der Waals surface area contributed by atoms with Crippen molar-refractivity contribution in [3.05, 3.63) is 69.3 Å².